The van der Waals surface area contributed by atoms with Crippen LogP contribution < -0.4 is 0 Å². The number of carbonyl (C=O) groups is 1. The van der Waals surface area contributed by atoms with Gasteiger partial charge in [0, 0.05) is 50.4 Å². The van der Waals surface area contributed by atoms with E-state index in [2.05, 4.69) is 88.9 Å². The molecular weight excluding hydrogens is 368 g/mol. The van der Waals surface area contributed by atoms with Crippen molar-refractivity contribution in [3.05, 3.63) is 90.5 Å². The molecule has 0 unspecified atom stereocenters. The molecule has 4 aromatic carbocycles. The molecule has 2 aromatic heterocycles. The largest absolute Gasteiger partial charge is 0.341 e. The number of para-hydroxylation sites is 2. The number of aromatic nitrogens is 2. The molecule has 0 aliphatic rings. The maximum atomic E-state index is 11.4. The lowest BCUT2D eigenvalue weighted by atomic mass is 10.1. The average molecular weight is 388 g/mol. The molecule has 0 aliphatic heterocycles. The number of rotatable bonds is 3. The highest BCUT2D eigenvalue weighted by Crippen LogP contribution is 2.35. The Bertz CT molecular complexity index is 1600. The summed E-state index contributed by atoms with van der Waals surface area (Å²) in [5.41, 5.74) is 6.62. The van der Waals surface area contributed by atoms with E-state index in [0.717, 1.165) is 40.3 Å². The molecule has 0 aliphatic carbocycles. The van der Waals surface area contributed by atoms with E-state index in [9.17, 15) is 4.79 Å². The van der Waals surface area contributed by atoms with E-state index < -0.39 is 0 Å². The van der Waals surface area contributed by atoms with Gasteiger partial charge in [0.25, 0.3) is 0 Å². The van der Waals surface area contributed by atoms with Gasteiger partial charge in [-0.2, -0.15) is 0 Å². The third kappa shape index (κ3) is 2.23. The number of carbonyl (C=O) groups excluding carboxylic acids is 1. The summed E-state index contributed by atoms with van der Waals surface area (Å²) in [4.78, 5) is 11.4. The zero-order chi connectivity index (χ0) is 20.2. The summed E-state index contributed by atoms with van der Waals surface area (Å²) in [5, 5.41) is 4.80. The van der Waals surface area contributed by atoms with Crippen LogP contribution in [0.3, 0.4) is 0 Å². The second kappa shape index (κ2) is 6.33. The highest BCUT2D eigenvalue weighted by molar-refractivity contribution is 6.12. The minimum atomic E-state index is 0.701. The molecule has 0 fully saturated rings. The summed E-state index contributed by atoms with van der Waals surface area (Å²) in [6.07, 6.45) is 0.914. The van der Waals surface area contributed by atoms with Gasteiger partial charge in [0.15, 0.2) is 0 Å². The van der Waals surface area contributed by atoms with Crippen LogP contribution in [0.25, 0.3) is 49.3 Å². The highest BCUT2D eigenvalue weighted by atomic mass is 16.1. The Morgan fingerprint density at radius 3 is 2.03 bits per heavy atom. The molecule has 30 heavy (non-hydrogen) atoms. The Kier molecular flexibility index (Phi) is 3.59. The van der Waals surface area contributed by atoms with E-state index in [4.69, 9.17) is 0 Å². The smallest absolute Gasteiger partial charge is 0.150 e. The van der Waals surface area contributed by atoms with Crippen molar-refractivity contribution in [2.45, 2.75) is 13.5 Å². The molecule has 3 nitrogen and oxygen atoms in total. The minimum absolute atomic E-state index is 0.701. The third-order valence-electron chi connectivity index (χ3n) is 6.16. The molecule has 0 saturated carbocycles. The van der Waals surface area contributed by atoms with Crippen LogP contribution in [0.4, 0.5) is 0 Å². The van der Waals surface area contributed by atoms with Gasteiger partial charge in [0.1, 0.15) is 6.29 Å². The number of nitrogens with zero attached hydrogens (tertiary/aromatic N) is 2. The summed E-state index contributed by atoms with van der Waals surface area (Å²) in [7, 11) is 0. The maximum absolute atomic E-state index is 11.4. The molecule has 0 N–H and O–H groups in total. The normalized spacial score (nSPS) is 11.8. The Balaban J connectivity index is 1.73. The quantitative estimate of drug-likeness (QED) is 0.309. The summed E-state index contributed by atoms with van der Waals surface area (Å²) in [6.45, 7) is 3.13. The lowest BCUT2D eigenvalue weighted by Crippen LogP contribution is -1.95. The Hall–Kier alpha value is -3.85. The van der Waals surface area contributed by atoms with Crippen molar-refractivity contribution in [1.82, 2.24) is 9.13 Å². The second-order valence-electron chi connectivity index (χ2n) is 7.71. The summed E-state index contributed by atoms with van der Waals surface area (Å²) in [6, 6.07) is 29.7. The van der Waals surface area contributed by atoms with Crippen LogP contribution in [0.2, 0.25) is 0 Å². The molecular formula is C27H20N2O. The predicted octanol–water partition coefficient (Wildman–Crippen LogP) is 6.72. The highest BCUT2D eigenvalue weighted by Gasteiger charge is 2.15. The van der Waals surface area contributed by atoms with Crippen molar-refractivity contribution >= 4 is 49.9 Å². The summed E-state index contributed by atoms with van der Waals surface area (Å²) in [5.74, 6) is 0. The first kappa shape index (κ1) is 17.0. The van der Waals surface area contributed by atoms with Gasteiger partial charge in [-0.05, 0) is 55.5 Å². The fourth-order valence-electron chi connectivity index (χ4n) is 4.86. The van der Waals surface area contributed by atoms with E-state index in [1.54, 1.807) is 0 Å². The Morgan fingerprint density at radius 1 is 0.667 bits per heavy atom. The van der Waals surface area contributed by atoms with E-state index in [-0.39, 0.29) is 0 Å². The van der Waals surface area contributed by atoms with E-state index >= 15 is 0 Å². The Morgan fingerprint density at radius 2 is 1.27 bits per heavy atom. The number of hydrogen-bond donors (Lipinski definition) is 0. The van der Waals surface area contributed by atoms with Crippen LogP contribution in [0.15, 0.2) is 84.9 Å². The molecule has 0 radical (unpaired) electrons. The van der Waals surface area contributed by atoms with E-state index in [0.29, 0.717) is 5.56 Å². The van der Waals surface area contributed by atoms with Crippen LogP contribution >= 0.6 is 0 Å². The number of hydrogen-bond acceptors (Lipinski definition) is 1. The molecule has 6 rings (SSSR count). The third-order valence-corrected chi connectivity index (χ3v) is 6.16. The van der Waals surface area contributed by atoms with Crippen LogP contribution in [0.1, 0.15) is 17.3 Å². The fraction of sp³-hybridized carbons (Fsp3) is 0.0741. The number of aryl methyl sites for hydroxylation is 1. The Labute approximate surface area is 173 Å². The maximum Gasteiger partial charge on any atom is 0.150 e. The molecule has 0 saturated heterocycles. The molecule has 0 bridgehead atoms. The van der Waals surface area contributed by atoms with Crippen molar-refractivity contribution in [3.8, 4) is 5.69 Å². The summed E-state index contributed by atoms with van der Waals surface area (Å²) < 4.78 is 4.67. The van der Waals surface area contributed by atoms with Crippen molar-refractivity contribution in [2.24, 2.45) is 0 Å². The average Bonchev–Trinajstić information content (AvgIpc) is 3.30. The van der Waals surface area contributed by atoms with Gasteiger partial charge in [-0.25, -0.2) is 0 Å². The van der Waals surface area contributed by atoms with E-state index in [1.807, 2.05) is 12.1 Å². The van der Waals surface area contributed by atoms with Gasteiger partial charge in [0.2, 0.25) is 0 Å². The molecule has 3 heteroatoms. The van der Waals surface area contributed by atoms with Crippen LogP contribution in [0.5, 0.6) is 0 Å². The van der Waals surface area contributed by atoms with Gasteiger partial charge in [-0.3, -0.25) is 4.79 Å². The minimum Gasteiger partial charge on any atom is -0.341 e. The molecule has 0 amide bonds. The number of fused-ring (bicyclic) bond motifs is 6. The van der Waals surface area contributed by atoms with Crippen LogP contribution in [-0.4, -0.2) is 15.4 Å². The van der Waals surface area contributed by atoms with Crippen LogP contribution in [0, 0.1) is 0 Å². The molecule has 0 spiro atoms. The zero-order valence-corrected chi connectivity index (χ0v) is 16.7. The lowest BCUT2D eigenvalue weighted by molar-refractivity contribution is 0.112. The first-order valence-corrected chi connectivity index (χ1v) is 10.3. The molecule has 6 aromatic rings. The van der Waals surface area contributed by atoms with Gasteiger partial charge in [0.05, 0.1) is 11.0 Å². The first-order valence-electron chi connectivity index (χ1n) is 10.3. The molecule has 2 heterocycles. The van der Waals surface area contributed by atoms with Crippen molar-refractivity contribution in [1.29, 1.82) is 0 Å². The first-order chi connectivity index (χ1) is 14.8. The number of benzene rings is 4. The predicted molar refractivity (Wildman–Crippen MR) is 125 cm³/mol. The van der Waals surface area contributed by atoms with Gasteiger partial charge in [-0.15, -0.1) is 0 Å². The summed E-state index contributed by atoms with van der Waals surface area (Å²) >= 11 is 0. The standard InChI is InChI=1S/C27H20N2O/c1-2-28-24-9-5-3-7-20(24)23-16-19(12-14-25(23)28)29-26-10-6-4-8-21(26)22-15-18(17-30)11-13-27(22)29/h3-17H,2H2,1H3. The fourth-order valence-corrected chi connectivity index (χ4v) is 4.86. The molecule has 144 valence electrons. The SMILES string of the molecule is CCn1c2ccccc2c2cc(-n3c4ccccc4c4cc(C=O)ccc43)ccc21. The van der Waals surface area contributed by atoms with Gasteiger partial charge in [-0.1, -0.05) is 36.4 Å². The van der Waals surface area contributed by atoms with Crippen molar-refractivity contribution < 1.29 is 4.79 Å². The van der Waals surface area contributed by atoms with Crippen molar-refractivity contribution in [2.75, 3.05) is 0 Å². The van der Waals surface area contributed by atoms with Crippen LogP contribution in [-0.2, 0) is 6.54 Å². The zero-order valence-electron chi connectivity index (χ0n) is 16.7. The van der Waals surface area contributed by atoms with E-state index in [1.165, 1.54) is 21.8 Å². The second-order valence-corrected chi connectivity index (χ2v) is 7.71. The topological polar surface area (TPSA) is 26.9 Å². The molecule has 0 atom stereocenters. The number of aldehydes is 1. The van der Waals surface area contributed by atoms with Gasteiger partial charge >= 0.3 is 0 Å². The van der Waals surface area contributed by atoms with Gasteiger partial charge < -0.3 is 9.13 Å². The lowest BCUT2D eigenvalue weighted by Gasteiger charge is -2.09. The monoisotopic (exact) mass is 388 g/mol. The van der Waals surface area contributed by atoms with Crippen molar-refractivity contribution in [3.63, 3.8) is 0 Å².